The van der Waals surface area contributed by atoms with Crippen LogP contribution in [0.25, 0.3) is 11.8 Å². The SMILES string of the molecule is COc1cccc(NC(=O)/C(C#N)=C\c2cc(C)n(-c3cccc([N+](=O)[O-])c3)c2C)c1. The lowest BCUT2D eigenvalue weighted by Crippen LogP contribution is -2.13. The highest BCUT2D eigenvalue weighted by Crippen LogP contribution is 2.25. The third kappa shape index (κ3) is 4.62. The van der Waals surface area contributed by atoms with E-state index in [1.165, 1.54) is 25.3 Å². The van der Waals surface area contributed by atoms with Crippen molar-refractivity contribution in [1.82, 2.24) is 4.57 Å². The summed E-state index contributed by atoms with van der Waals surface area (Å²) in [7, 11) is 1.53. The Balaban J connectivity index is 1.94. The highest BCUT2D eigenvalue weighted by molar-refractivity contribution is 6.09. The molecule has 3 aromatic rings. The summed E-state index contributed by atoms with van der Waals surface area (Å²) in [6.45, 7) is 3.68. The number of nitriles is 1. The molecule has 0 radical (unpaired) electrons. The molecule has 0 aliphatic heterocycles. The van der Waals surface area contributed by atoms with Gasteiger partial charge in [-0.1, -0.05) is 12.1 Å². The van der Waals surface area contributed by atoms with E-state index in [4.69, 9.17) is 4.74 Å². The number of benzene rings is 2. The van der Waals surface area contributed by atoms with E-state index < -0.39 is 10.8 Å². The number of anilines is 1. The molecule has 0 spiro atoms. The monoisotopic (exact) mass is 416 g/mol. The summed E-state index contributed by atoms with van der Waals surface area (Å²) < 4.78 is 6.98. The van der Waals surface area contributed by atoms with Crippen molar-refractivity contribution in [2.45, 2.75) is 13.8 Å². The molecule has 0 saturated carbocycles. The highest BCUT2D eigenvalue weighted by Gasteiger charge is 2.15. The molecule has 0 aliphatic rings. The van der Waals surface area contributed by atoms with Crippen LogP contribution in [-0.4, -0.2) is 22.5 Å². The predicted octanol–water partition coefficient (Wildman–Crippen LogP) is 4.56. The van der Waals surface area contributed by atoms with E-state index in [9.17, 15) is 20.2 Å². The number of ether oxygens (including phenoxy) is 1. The fourth-order valence-electron chi connectivity index (χ4n) is 3.28. The summed E-state index contributed by atoms with van der Waals surface area (Å²) in [4.78, 5) is 23.3. The van der Waals surface area contributed by atoms with Gasteiger partial charge in [-0.3, -0.25) is 14.9 Å². The zero-order valence-electron chi connectivity index (χ0n) is 17.2. The van der Waals surface area contributed by atoms with Crippen molar-refractivity contribution in [3.63, 3.8) is 0 Å². The van der Waals surface area contributed by atoms with Crippen molar-refractivity contribution < 1.29 is 14.5 Å². The van der Waals surface area contributed by atoms with Crippen molar-refractivity contribution in [2.75, 3.05) is 12.4 Å². The highest BCUT2D eigenvalue weighted by atomic mass is 16.6. The maximum absolute atomic E-state index is 12.6. The molecule has 0 unspecified atom stereocenters. The topological polar surface area (TPSA) is 110 Å². The first-order valence-corrected chi connectivity index (χ1v) is 9.35. The third-order valence-electron chi connectivity index (χ3n) is 4.76. The first-order chi connectivity index (χ1) is 14.8. The van der Waals surface area contributed by atoms with Gasteiger partial charge in [0.25, 0.3) is 11.6 Å². The van der Waals surface area contributed by atoms with Gasteiger partial charge >= 0.3 is 0 Å². The Labute approximate surface area is 179 Å². The number of nitrogens with one attached hydrogen (secondary N) is 1. The smallest absolute Gasteiger partial charge is 0.271 e. The van der Waals surface area contributed by atoms with Crippen LogP contribution in [0.1, 0.15) is 17.0 Å². The van der Waals surface area contributed by atoms with E-state index >= 15 is 0 Å². The molecular formula is C23H20N4O4. The molecule has 1 aromatic heterocycles. The van der Waals surface area contributed by atoms with E-state index in [0.29, 0.717) is 22.7 Å². The predicted molar refractivity (Wildman–Crippen MR) is 117 cm³/mol. The summed E-state index contributed by atoms with van der Waals surface area (Å²) >= 11 is 0. The van der Waals surface area contributed by atoms with Crippen LogP contribution in [0.15, 0.2) is 60.2 Å². The fraction of sp³-hybridized carbons (Fsp3) is 0.130. The lowest BCUT2D eigenvalue weighted by molar-refractivity contribution is -0.384. The van der Waals surface area contributed by atoms with Gasteiger partial charge in [0.1, 0.15) is 17.4 Å². The van der Waals surface area contributed by atoms with Gasteiger partial charge < -0.3 is 14.6 Å². The summed E-state index contributed by atoms with van der Waals surface area (Å²) in [5.74, 6) is 0.0386. The average Bonchev–Trinajstić information content (AvgIpc) is 3.04. The minimum absolute atomic E-state index is 0.0162. The molecule has 8 heteroatoms. The second-order valence-electron chi connectivity index (χ2n) is 6.79. The first kappa shape index (κ1) is 21.3. The Kier molecular flexibility index (Phi) is 6.17. The molecule has 156 valence electrons. The van der Waals surface area contributed by atoms with Crippen molar-refractivity contribution in [2.24, 2.45) is 0 Å². The largest absolute Gasteiger partial charge is 0.497 e. The van der Waals surface area contributed by atoms with Crippen LogP contribution in [0.2, 0.25) is 0 Å². The number of hydrogen-bond acceptors (Lipinski definition) is 5. The maximum Gasteiger partial charge on any atom is 0.271 e. The Morgan fingerprint density at radius 1 is 1.19 bits per heavy atom. The minimum atomic E-state index is -0.545. The molecule has 2 aromatic carbocycles. The molecule has 1 heterocycles. The molecule has 31 heavy (non-hydrogen) atoms. The lowest BCUT2D eigenvalue weighted by Gasteiger charge is -2.09. The summed E-state index contributed by atoms with van der Waals surface area (Å²) in [6, 6.07) is 16.9. The van der Waals surface area contributed by atoms with Crippen molar-refractivity contribution >= 4 is 23.4 Å². The number of nitro benzene ring substituents is 1. The second kappa shape index (κ2) is 8.97. The quantitative estimate of drug-likeness (QED) is 0.274. The number of aryl methyl sites for hydroxylation is 1. The van der Waals surface area contributed by atoms with E-state index in [1.54, 1.807) is 36.4 Å². The molecule has 0 saturated heterocycles. The zero-order chi connectivity index (χ0) is 22.5. The normalized spacial score (nSPS) is 11.0. The van der Waals surface area contributed by atoms with Gasteiger partial charge in [-0.05, 0) is 49.8 Å². The van der Waals surface area contributed by atoms with E-state index in [2.05, 4.69) is 5.32 Å². The zero-order valence-corrected chi connectivity index (χ0v) is 17.2. The maximum atomic E-state index is 12.6. The Bertz CT molecular complexity index is 1230. The Morgan fingerprint density at radius 2 is 1.94 bits per heavy atom. The van der Waals surface area contributed by atoms with E-state index in [-0.39, 0.29) is 11.3 Å². The lowest BCUT2D eigenvalue weighted by atomic mass is 10.1. The minimum Gasteiger partial charge on any atom is -0.497 e. The number of rotatable bonds is 6. The van der Waals surface area contributed by atoms with Crippen molar-refractivity contribution in [1.29, 1.82) is 5.26 Å². The molecular weight excluding hydrogens is 396 g/mol. The second-order valence-corrected chi connectivity index (χ2v) is 6.79. The molecule has 3 rings (SSSR count). The number of hydrogen-bond donors (Lipinski definition) is 1. The van der Waals surface area contributed by atoms with Gasteiger partial charge in [-0.25, -0.2) is 0 Å². The van der Waals surface area contributed by atoms with Crippen LogP contribution < -0.4 is 10.1 Å². The van der Waals surface area contributed by atoms with Crippen LogP contribution >= 0.6 is 0 Å². The van der Waals surface area contributed by atoms with Crippen LogP contribution in [0.5, 0.6) is 5.75 Å². The number of aromatic nitrogens is 1. The van der Waals surface area contributed by atoms with Crippen LogP contribution in [-0.2, 0) is 4.79 Å². The van der Waals surface area contributed by atoms with Crippen molar-refractivity contribution in [3.8, 4) is 17.5 Å². The summed E-state index contributed by atoms with van der Waals surface area (Å²) in [5, 5.41) is 23.3. The molecule has 0 aliphatic carbocycles. The van der Waals surface area contributed by atoms with Gasteiger partial charge in [0.2, 0.25) is 0 Å². The summed E-state index contributed by atoms with van der Waals surface area (Å²) in [5.41, 5.74) is 3.28. The number of non-ortho nitro benzene ring substituents is 1. The van der Waals surface area contributed by atoms with Crippen LogP contribution in [0, 0.1) is 35.3 Å². The standard InChI is InChI=1S/C23H20N4O4/c1-15-10-17(16(2)26(15)20-7-5-8-21(13-20)27(29)30)11-18(14-24)23(28)25-19-6-4-9-22(12-19)31-3/h4-13H,1-3H3,(H,25,28)/b18-11-. The van der Waals surface area contributed by atoms with Crippen molar-refractivity contribution in [3.05, 3.63) is 87.2 Å². The number of amides is 1. The van der Waals surface area contributed by atoms with Gasteiger partial charge in [-0.2, -0.15) is 5.26 Å². The molecule has 1 amide bonds. The van der Waals surface area contributed by atoms with Gasteiger partial charge in [-0.15, -0.1) is 0 Å². The molecule has 1 N–H and O–H groups in total. The molecule has 0 fully saturated rings. The van der Waals surface area contributed by atoms with Crippen LogP contribution in [0.4, 0.5) is 11.4 Å². The average molecular weight is 416 g/mol. The number of methoxy groups -OCH3 is 1. The van der Waals surface area contributed by atoms with Gasteiger partial charge in [0.15, 0.2) is 0 Å². The van der Waals surface area contributed by atoms with E-state index in [1.807, 2.05) is 30.6 Å². The number of carbonyl (C=O) groups excluding carboxylic acids is 1. The molecule has 8 nitrogen and oxygen atoms in total. The molecule has 0 atom stereocenters. The third-order valence-corrected chi connectivity index (χ3v) is 4.76. The fourth-order valence-corrected chi connectivity index (χ4v) is 3.28. The Morgan fingerprint density at radius 3 is 2.61 bits per heavy atom. The van der Waals surface area contributed by atoms with Gasteiger partial charge in [0, 0.05) is 35.3 Å². The number of carbonyl (C=O) groups is 1. The summed E-state index contributed by atoms with van der Waals surface area (Å²) in [6.07, 6.45) is 1.51. The van der Waals surface area contributed by atoms with E-state index in [0.717, 1.165) is 11.4 Å². The van der Waals surface area contributed by atoms with Gasteiger partial charge in [0.05, 0.1) is 17.7 Å². The number of nitro groups is 1. The number of nitrogens with zero attached hydrogens (tertiary/aromatic N) is 3. The molecule has 0 bridgehead atoms. The van der Waals surface area contributed by atoms with Crippen LogP contribution in [0.3, 0.4) is 0 Å². The first-order valence-electron chi connectivity index (χ1n) is 9.35. The Hall–Kier alpha value is -4.38.